The molecular weight excluding hydrogens is 163 g/mol. The Morgan fingerprint density at radius 3 is 2.17 bits per heavy atom. The quantitative estimate of drug-likeness (QED) is 0.570. The van der Waals surface area contributed by atoms with Crippen LogP contribution in [0.2, 0.25) is 0 Å². The molecule has 1 aliphatic heterocycles. The van der Waals surface area contributed by atoms with Crippen LogP contribution in [0.1, 0.15) is 47.0 Å². The summed E-state index contributed by atoms with van der Waals surface area (Å²) >= 11 is 0. The van der Waals surface area contributed by atoms with Crippen molar-refractivity contribution < 1.29 is 0 Å². The predicted octanol–water partition coefficient (Wildman–Crippen LogP) is 4.09. The molecule has 0 saturated carbocycles. The SMILES string of the molecule is CC(C)C1CCCCP1C(C)C. The molecule has 0 aromatic heterocycles. The van der Waals surface area contributed by atoms with E-state index in [1.165, 1.54) is 19.3 Å². The Kier molecular flexibility index (Phi) is 4.03. The van der Waals surface area contributed by atoms with Gasteiger partial charge < -0.3 is 0 Å². The van der Waals surface area contributed by atoms with Gasteiger partial charge in [-0.25, -0.2) is 0 Å². The highest BCUT2D eigenvalue weighted by molar-refractivity contribution is 7.59. The fourth-order valence-corrected chi connectivity index (χ4v) is 5.82. The summed E-state index contributed by atoms with van der Waals surface area (Å²) in [7, 11) is 0.366. The molecule has 1 rings (SSSR count). The first kappa shape index (κ1) is 10.5. The molecular formula is C11H23P. The first-order chi connectivity index (χ1) is 5.63. The van der Waals surface area contributed by atoms with Gasteiger partial charge >= 0.3 is 0 Å². The summed E-state index contributed by atoms with van der Waals surface area (Å²) < 4.78 is 0. The highest BCUT2D eigenvalue weighted by atomic mass is 31.1. The fourth-order valence-electron chi connectivity index (χ4n) is 2.34. The van der Waals surface area contributed by atoms with Gasteiger partial charge in [-0.3, -0.25) is 0 Å². The van der Waals surface area contributed by atoms with E-state index in [4.69, 9.17) is 0 Å². The predicted molar refractivity (Wildman–Crippen MR) is 59.4 cm³/mol. The van der Waals surface area contributed by atoms with Gasteiger partial charge in [-0.15, -0.1) is 7.92 Å². The van der Waals surface area contributed by atoms with Crippen LogP contribution in [0.4, 0.5) is 0 Å². The van der Waals surface area contributed by atoms with Gasteiger partial charge in [-0.1, -0.05) is 34.1 Å². The Morgan fingerprint density at radius 1 is 1.08 bits per heavy atom. The molecule has 2 unspecified atom stereocenters. The molecule has 0 nitrogen and oxygen atoms in total. The smallest absolute Gasteiger partial charge is 0.0184 e. The Bertz CT molecular complexity index is 113. The van der Waals surface area contributed by atoms with Gasteiger partial charge in [0.25, 0.3) is 0 Å². The minimum Gasteiger partial charge on any atom is -0.101 e. The second kappa shape index (κ2) is 4.61. The zero-order valence-corrected chi connectivity index (χ0v) is 9.90. The Hall–Kier alpha value is 0.430. The molecule has 1 heterocycles. The minimum absolute atomic E-state index is 0.366. The molecule has 72 valence electrons. The van der Waals surface area contributed by atoms with Crippen molar-refractivity contribution in [1.29, 1.82) is 0 Å². The van der Waals surface area contributed by atoms with Gasteiger partial charge in [-0.05, 0) is 36.2 Å². The van der Waals surface area contributed by atoms with Crippen molar-refractivity contribution in [3.05, 3.63) is 0 Å². The molecule has 2 atom stereocenters. The van der Waals surface area contributed by atoms with Crippen molar-refractivity contribution in [3.63, 3.8) is 0 Å². The van der Waals surface area contributed by atoms with Crippen molar-refractivity contribution in [3.8, 4) is 0 Å². The first-order valence-electron chi connectivity index (χ1n) is 5.38. The summed E-state index contributed by atoms with van der Waals surface area (Å²) in [5.41, 5.74) is 2.04. The van der Waals surface area contributed by atoms with E-state index in [0.717, 1.165) is 17.2 Å². The molecule has 1 heteroatoms. The van der Waals surface area contributed by atoms with Gasteiger partial charge in [0.05, 0.1) is 0 Å². The summed E-state index contributed by atoms with van der Waals surface area (Å²) in [5, 5.41) is 0. The maximum Gasteiger partial charge on any atom is -0.0184 e. The van der Waals surface area contributed by atoms with Crippen molar-refractivity contribution in [2.75, 3.05) is 6.16 Å². The molecule has 12 heavy (non-hydrogen) atoms. The standard InChI is InChI=1S/C11H23P/c1-9(2)11-7-5-6-8-12(11)10(3)4/h9-11H,5-8H2,1-4H3. The van der Waals surface area contributed by atoms with Gasteiger partial charge in [0, 0.05) is 0 Å². The summed E-state index contributed by atoms with van der Waals surface area (Å²) in [6.45, 7) is 9.67. The van der Waals surface area contributed by atoms with Crippen LogP contribution in [-0.4, -0.2) is 17.5 Å². The number of rotatable bonds is 2. The van der Waals surface area contributed by atoms with Gasteiger partial charge in [0.1, 0.15) is 0 Å². The highest BCUT2D eigenvalue weighted by Gasteiger charge is 2.28. The van der Waals surface area contributed by atoms with Crippen molar-refractivity contribution >= 4 is 7.92 Å². The minimum atomic E-state index is 0.366. The van der Waals surface area contributed by atoms with E-state index >= 15 is 0 Å². The third-order valence-electron chi connectivity index (χ3n) is 3.03. The van der Waals surface area contributed by atoms with E-state index in [0.29, 0.717) is 7.92 Å². The lowest BCUT2D eigenvalue weighted by molar-refractivity contribution is 0.523. The topological polar surface area (TPSA) is 0 Å². The van der Waals surface area contributed by atoms with Gasteiger partial charge in [0.2, 0.25) is 0 Å². The molecule has 0 bridgehead atoms. The van der Waals surface area contributed by atoms with Crippen LogP contribution < -0.4 is 0 Å². The lowest BCUT2D eigenvalue weighted by atomic mass is 10.0. The maximum atomic E-state index is 2.42. The molecule has 1 aliphatic rings. The molecule has 0 radical (unpaired) electrons. The first-order valence-corrected chi connectivity index (χ1v) is 7.05. The third-order valence-corrected chi connectivity index (χ3v) is 6.89. The zero-order valence-electron chi connectivity index (χ0n) is 9.01. The van der Waals surface area contributed by atoms with Crippen molar-refractivity contribution in [1.82, 2.24) is 0 Å². The van der Waals surface area contributed by atoms with Crippen LogP contribution in [0, 0.1) is 5.92 Å². The monoisotopic (exact) mass is 186 g/mol. The van der Waals surface area contributed by atoms with Crippen molar-refractivity contribution in [2.24, 2.45) is 5.92 Å². The summed E-state index contributed by atoms with van der Waals surface area (Å²) in [6.07, 6.45) is 6.07. The van der Waals surface area contributed by atoms with Crippen molar-refractivity contribution in [2.45, 2.75) is 58.3 Å². The average molecular weight is 186 g/mol. The molecule has 0 aromatic carbocycles. The van der Waals surface area contributed by atoms with Crippen LogP contribution in [-0.2, 0) is 0 Å². The number of hydrogen-bond donors (Lipinski definition) is 0. The van der Waals surface area contributed by atoms with E-state index in [1.807, 2.05) is 0 Å². The highest BCUT2D eigenvalue weighted by Crippen LogP contribution is 2.54. The van der Waals surface area contributed by atoms with E-state index < -0.39 is 0 Å². The summed E-state index contributed by atoms with van der Waals surface area (Å²) in [4.78, 5) is 0. The van der Waals surface area contributed by atoms with Crippen LogP contribution in [0.15, 0.2) is 0 Å². The molecule has 0 aliphatic carbocycles. The number of hydrogen-bond acceptors (Lipinski definition) is 0. The largest absolute Gasteiger partial charge is 0.101 e. The molecule has 1 fully saturated rings. The van der Waals surface area contributed by atoms with Crippen LogP contribution in [0.5, 0.6) is 0 Å². The molecule has 1 saturated heterocycles. The van der Waals surface area contributed by atoms with E-state index in [1.54, 1.807) is 6.16 Å². The Balaban J connectivity index is 2.54. The van der Waals surface area contributed by atoms with E-state index in [2.05, 4.69) is 27.7 Å². The second-order valence-electron chi connectivity index (χ2n) is 4.64. The Morgan fingerprint density at radius 2 is 1.75 bits per heavy atom. The van der Waals surface area contributed by atoms with Gasteiger partial charge in [0.15, 0.2) is 0 Å². The van der Waals surface area contributed by atoms with Crippen LogP contribution in [0.25, 0.3) is 0 Å². The molecule has 0 spiro atoms. The maximum absolute atomic E-state index is 2.42. The normalized spacial score (nSPS) is 31.5. The van der Waals surface area contributed by atoms with E-state index in [9.17, 15) is 0 Å². The third kappa shape index (κ3) is 2.46. The lowest BCUT2D eigenvalue weighted by Crippen LogP contribution is -2.22. The lowest BCUT2D eigenvalue weighted by Gasteiger charge is -2.37. The fraction of sp³-hybridized carbons (Fsp3) is 1.00. The molecule has 0 amide bonds. The summed E-state index contributed by atoms with van der Waals surface area (Å²) in [5.74, 6) is 0.929. The zero-order chi connectivity index (χ0) is 9.14. The Labute approximate surface area is 78.9 Å². The van der Waals surface area contributed by atoms with Crippen LogP contribution in [0.3, 0.4) is 0 Å². The average Bonchev–Trinajstić information content (AvgIpc) is 2.04. The van der Waals surface area contributed by atoms with Gasteiger partial charge in [-0.2, -0.15) is 0 Å². The molecule has 0 N–H and O–H groups in total. The van der Waals surface area contributed by atoms with E-state index in [-0.39, 0.29) is 0 Å². The summed E-state index contributed by atoms with van der Waals surface area (Å²) in [6, 6.07) is 0. The second-order valence-corrected chi connectivity index (χ2v) is 7.81. The molecule has 0 aromatic rings. The van der Waals surface area contributed by atoms with Crippen LogP contribution >= 0.6 is 7.92 Å².